The topological polar surface area (TPSA) is 49.1 Å². The molecule has 0 radical (unpaired) electrons. The quantitative estimate of drug-likeness (QED) is 0.874. The van der Waals surface area contributed by atoms with Crippen LogP contribution >= 0.6 is 0 Å². The van der Waals surface area contributed by atoms with Crippen LogP contribution in [0.2, 0.25) is 0 Å². The first kappa shape index (κ1) is 14.8. The molecule has 1 fully saturated rings. The van der Waals surface area contributed by atoms with Crippen molar-refractivity contribution in [2.24, 2.45) is 0 Å². The number of aromatic nitrogens is 3. The number of halogens is 3. The van der Waals surface area contributed by atoms with Crippen LogP contribution in [0.5, 0.6) is 0 Å². The van der Waals surface area contributed by atoms with Gasteiger partial charge in [-0.1, -0.05) is 0 Å². The second-order valence-electron chi connectivity index (χ2n) is 5.24. The van der Waals surface area contributed by atoms with E-state index in [2.05, 4.69) is 4.98 Å². The van der Waals surface area contributed by atoms with Gasteiger partial charge in [0, 0.05) is 7.11 Å². The molecular weight excluding hydrogens is 299 g/mol. The number of methoxy groups -OCH3 is 1. The van der Waals surface area contributed by atoms with Gasteiger partial charge in [-0.05, 0) is 37.1 Å². The van der Waals surface area contributed by atoms with Gasteiger partial charge in [-0.2, -0.15) is 18.2 Å². The first-order valence-corrected chi connectivity index (χ1v) is 6.76. The zero-order valence-corrected chi connectivity index (χ0v) is 11.7. The van der Waals surface area contributed by atoms with E-state index in [1.165, 1.54) is 27.8 Å². The molecule has 0 aliphatic heterocycles. The Morgan fingerprint density at radius 3 is 2.41 bits per heavy atom. The Morgan fingerprint density at radius 1 is 1.23 bits per heavy atom. The van der Waals surface area contributed by atoms with Gasteiger partial charge in [0.2, 0.25) is 0 Å². The van der Waals surface area contributed by atoms with Gasteiger partial charge in [0.1, 0.15) is 6.33 Å². The summed E-state index contributed by atoms with van der Waals surface area (Å²) in [5.41, 5.74) is -0.684. The van der Waals surface area contributed by atoms with Crippen molar-refractivity contribution in [1.29, 1.82) is 0 Å². The third-order valence-corrected chi connectivity index (χ3v) is 3.91. The maximum absolute atomic E-state index is 12.6. The lowest BCUT2D eigenvalue weighted by molar-refractivity contribution is -0.137. The third kappa shape index (κ3) is 2.54. The average molecular weight is 313 g/mol. The molecule has 1 aromatic carbocycles. The second kappa shape index (κ2) is 5.28. The van der Waals surface area contributed by atoms with Crippen molar-refractivity contribution in [3.63, 3.8) is 0 Å². The van der Waals surface area contributed by atoms with Gasteiger partial charge in [0.05, 0.1) is 23.4 Å². The van der Waals surface area contributed by atoms with Crippen LogP contribution in [0.1, 0.15) is 24.4 Å². The van der Waals surface area contributed by atoms with Crippen LogP contribution in [-0.2, 0) is 10.9 Å². The molecule has 0 N–H and O–H groups in total. The van der Waals surface area contributed by atoms with Crippen molar-refractivity contribution in [3.8, 4) is 5.69 Å². The van der Waals surface area contributed by atoms with Crippen LogP contribution in [0, 0.1) is 0 Å². The second-order valence-corrected chi connectivity index (χ2v) is 5.24. The first-order valence-electron chi connectivity index (χ1n) is 6.76. The molecule has 1 aromatic heterocycles. The highest BCUT2D eigenvalue weighted by Crippen LogP contribution is 2.34. The Hall–Kier alpha value is -2.09. The number of alkyl halides is 3. The maximum Gasteiger partial charge on any atom is 0.416 e. The Kier molecular flexibility index (Phi) is 3.56. The van der Waals surface area contributed by atoms with Gasteiger partial charge in [-0.15, -0.1) is 0 Å². The molecule has 118 valence electrons. The SMILES string of the molecule is COC1CC(n2c(=O)ncn2-c2ccc(C(F)(F)F)cc2)C1. The zero-order chi connectivity index (χ0) is 15.9. The van der Waals surface area contributed by atoms with E-state index in [0.717, 1.165) is 12.1 Å². The molecule has 5 nitrogen and oxygen atoms in total. The summed E-state index contributed by atoms with van der Waals surface area (Å²) in [4.78, 5) is 15.6. The van der Waals surface area contributed by atoms with E-state index in [4.69, 9.17) is 4.74 Å². The summed E-state index contributed by atoms with van der Waals surface area (Å²) in [6, 6.07) is 4.58. The Bertz CT molecular complexity index is 712. The van der Waals surface area contributed by atoms with Crippen molar-refractivity contribution in [2.75, 3.05) is 7.11 Å². The summed E-state index contributed by atoms with van der Waals surface area (Å²) < 4.78 is 45.9. The number of rotatable bonds is 3. The molecule has 22 heavy (non-hydrogen) atoms. The van der Waals surface area contributed by atoms with Crippen LogP contribution in [0.15, 0.2) is 35.4 Å². The lowest BCUT2D eigenvalue weighted by atomic mass is 9.89. The van der Waals surface area contributed by atoms with Crippen molar-refractivity contribution in [2.45, 2.75) is 31.2 Å². The van der Waals surface area contributed by atoms with Gasteiger partial charge in [0.25, 0.3) is 0 Å². The number of benzene rings is 1. The fourth-order valence-electron chi connectivity index (χ4n) is 2.57. The van der Waals surface area contributed by atoms with E-state index >= 15 is 0 Å². The fourth-order valence-corrected chi connectivity index (χ4v) is 2.57. The normalized spacial score (nSPS) is 21.6. The van der Waals surface area contributed by atoms with E-state index in [0.29, 0.717) is 18.5 Å². The molecule has 3 rings (SSSR count). The standard InChI is InChI=1S/C14H14F3N3O2/c1-22-12-6-11(7-12)20-13(21)18-8-19(20)10-4-2-9(3-5-10)14(15,16)17/h2-5,8,11-12H,6-7H2,1H3. The van der Waals surface area contributed by atoms with Crippen molar-refractivity contribution < 1.29 is 17.9 Å². The summed E-state index contributed by atoms with van der Waals surface area (Å²) in [5.74, 6) is 0. The Morgan fingerprint density at radius 2 is 1.86 bits per heavy atom. The largest absolute Gasteiger partial charge is 0.416 e. The van der Waals surface area contributed by atoms with Gasteiger partial charge in [-0.25, -0.2) is 14.2 Å². The van der Waals surface area contributed by atoms with Gasteiger partial charge < -0.3 is 4.74 Å². The Labute approximate surface area is 123 Å². The highest BCUT2D eigenvalue weighted by molar-refractivity contribution is 5.34. The van der Waals surface area contributed by atoms with Crippen LogP contribution in [-0.4, -0.2) is 27.6 Å². The highest BCUT2D eigenvalue weighted by Gasteiger charge is 2.34. The smallest absolute Gasteiger partial charge is 0.381 e. The highest BCUT2D eigenvalue weighted by atomic mass is 19.4. The first-order chi connectivity index (χ1) is 10.4. The van der Waals surface area contributed by atoms with Crippen LogP contribution in [0.3, 0.4) is 0 Å². The fraction of sp³-hybridized carbons (Fsp3) is 0.429. The van der Waals surface area contributed by atoms with Gasteiger partial charge in [-0.3, -0.25) is 0 Å². The summed E-state index contributed by atoms with van der Waals surface area (Å²) in [5, 5.41) is 0. The lowest BCUT2D eigenvalue weighted by Crippen LogP contribution is -2.39. The zero-order valence-electron chi connectivity index (χ0n) is 11.7. The molecule has 0 unspecified atom stereocenters. The predicted molar refractivity (Wildman–Crippen MR) is 71.9 cm³/mol. The van der Waals surface area contributed by atoms with E-state index < -0.39 is 17.4 Å². The molecule has 0 saturated heterocycles. The molecule has 0 atom stereocenters. The molecule has 0 bridgehead atoms. The molecule has 2 aromatic rings. The predicted octanol–water partition coefficient (Wildman–Crippen LogP) is 2.40. The van der Waals surface area contributed by atoms with Crippen LogP contribution in [0.4, 0.5) is 13.2 Å². The van der Waals surface area contributed by atoms with Crippen molar-refractivity contribution in [1.82, 2.24) is 14.3 Å². The minimum Gasteiger partial charge on any atom is -0.381 e. The Balaban J connectivity index is 1.91. The third-order valence-electron chi connectivity index (χ3n) is 3.91. The monoisotopic (exact) mass is 313 g/mol. The van der Waals surface area contributed by atoms with Crippen LogP contribution in [0.25, 0.3) is 5.69 Å². The summed E-state index contributed by atoms with van der Waals surface area (Å²) in [7, 11) is 1.61. The van der Waals surface area contributed by atoms with E-state index in [1.54, 1.807) is 7.11 Å². The van der Waals surface area contributed by atoms with Crippen molar-refractivity contribution in [3.05, 3.63) is 46.6 Å². The molecule has 0 spiro atoms. The molecule has 1 saturated carbocycles. The van der Waals surface area contributed by atoms with Gasteiger partial charge in [0.15, 0.2) is 0 Å². The minimum atomic E-state index is -4.38. The molecule has 1 aliphatic rings. The van der Waals surface area contributed by atoms with Crippen LogP contribution < -0.4 is 5.69 Å². The van der Waals surface area contributed by atoms with E-state index in [1.807, 2.05) is 0 Å². The maximum atomic E-state index is 12.6. The van der Waals surface area contributed by atoms with E-state index in [9.17, 15) is 18.0 Å². The average Bonchev–Trinajstić information content (AvgIpc) is 2.79. The summed E-state index contributed by atoms with van der Waals surface area (Å²) >= 11 is 0. The molecule has 1 aliphatic carbocycles. The minimum absolute atomic E-state index is 0.0535. The molecule has 8 heteroatoms. The molecule has 0 amide bonds. The number of ether oxygens (including phenoxy) is 1. The lowest BCUT2D eigenvalue weighted by Gasteiger charge is -2.35. The number of nitrogens with zero attached hydrogens (tertiary/aromatic N) is 3. The summed E-state index contributed by atoms with van der Waals surface area (Å²) in [6.45, 7) is 0. The number of hydrogen-bond acceptors (Lipinski definition) is 3. The molecule has 1 heterocycles. The van der Waals surface area contributed by atoms with Crippen molar-refractivity contribution >= 4 is 0 Å². The van der Waals surface area contributed by atoms with Gasteiger partial charge >= 0.3 is 11.9 Å². The molecular formula is C14H14F3N3O2. The van der Waals surface area contributed by atoms with E-state index in [-0.39, 0.29) is 12.1 Å². The summed E-state index contributed by atoms with van der Waals surface area (Å²) in [6.07, 6.45) is -1.59. The number of hydrogen-bond donors (Lipinski definition) is 0.